The molecule has 0 radical (unpaired) electrons. The first-order chi connectivity index (χ1) is 16.6. The molecule has 3 aromatic heterocycles. The molecule has 0 saturated carbocycles. The zero-order valence-corrected chi connectivity index (χ0v) is 19.7. The Balaban J connectivity index is 0.000000429. The van der Waals surface area contributed by atoms with Gasteiger partial charge < -0.3 is 15.3 Å². The number of hydrogen-bond donors (Lipinski definition) is 2. The van der Waals surface area contributed by atoms with Gasteiger partial charge >= 0.3 is 12.1 Å². The number of aromatic nitrogens is 5. The van der Waals surface area contributed by atoms with Crippen LogP contribution >= 0.6 is 11.8 Å². The van der Waals surface area contributed by atoms with E-state index in [1.54, 1.807) is 24.7 Å². The lowest BCUT2D eigenvalue weighted by Gasteiger charge is -2.28. The van der Waals surface area contributed by atoms with Gasteiger partial charge in [-0.15, -0.1) is 5.92 Å². The Morgan fingerprint density at radius 3 is 2.51 bits per heavy atom. The number of nitrogens with zero attached hydrogens (tertiary/aromatic N) is 6. The van der Waals surface area contributed by atoms with Gasteiger partial charge in [0, 0.05) is 39.4 Å². The molecule has 14 heteroatoms. The smallest absolute Gasteiger partial charge is 0.475 e. The summed E-state index contributed by atoms with van der Waals surface area (Å²) in [6, 6.07) is 5.66. The molecule has 0 atom stereocenters. The lowest BCUT2D eigenvalue weighted by molar-refractivity contribution is -0.192. The van der Waals surface area contributed by atoms with Crippen LogP contribution in [0.2, 0.25) is 0 Å². The highest BCUT2D eigenvalue weighted by Gasteiger charge is 2.38. The van der Waals surface area contributed by atoms with Gasteiger partial charge in [-0.1, -0.05) is 12.0 Å². The number of carboxylic acids is 1. The fraction of sp³-hybridized carbons (Fsp3) is 0.381. The lowest BCUT2D eigenvalue weighted by atomic mass is 10.4. The number of piperazine rings is 1. The van der Waals surface area contributed by atoms with Crippen molar-refractivity contribution in [1.29, 1.82) is 0 Å². The molecule has 2 N–H and O–H groups in total. The number of fused-ring (bicyclic) bond motifs is 1. The molecule has 0 aromatic carbocycles. The summed E-state index contributed by atoms with van der Waals surface area (Å²) < 4.78 is 35.2. The molecule has 186 valence electrons. The zero-order valence-electron chi connectivity index (χ0n) is 18.8. The van der Waals surface area contributed by atoms with Crippen LogP contribution in [0.15, 0.2) is 39.4 Å². The largest absolute Gasteiger partial charge is 0.490 e. The molecular weight excluding hydrogens is 487 g/mol. The first-order valence-electron chi connectivity index (χ1n) is 10.3. The monoisotopic (exact) mass is 509 g/mol. The molecule has 10 nitrogen and oxygen atoms in total. The third-order valence-corrected chi connectivity index (χ3v) is 5.81. The van der Waals surface area contributed by atoms with E-state index in [1.807, 2.05) is 22.8 Å². The molecule has 4 heterocycles. The van der Waals surface area contributed by atoms with Crippen LogP contribution in [0, 0.1) is 11.8 Å². The first-order valence-corrected chi connectivity index (χ1v) is 11.2. The van der Waals surface area contributed by atoms with Gasteiger partial charge in [0.25, 0.3) is 5.56 Å². The highest BCUT2D eigenvalue weighted by atomic mass is 32.2. The van der Waals surface area contributed by atoms with E-state index in [0.717, 1.165) is 37.2 Å². The van der Waals surface area contributed by atoms with Crippen molar-refractivity contribution in [2.45, 2.75) is 29.8 Å². The topological polar surface area (TPSA) is 118 Å². The van der Waals surface area contributed by atoms with Crippen LogP contribution in [0.25, 0.3) is 11.2 Å². The average molecular weight is 510 g/mol. The van der Waals surface area contributed by atoms with Gasteiger partial charge in [0.05, 0.1) is 6.54 Å². The van der Waals surface area contributed by atoms with Gasteiger partial charge in [-0.3, -0.25) is 13.9 Å². The second kappa shape index (κ2) is 11.2. The second-order valence-corrected chi connectivity index (χ2v) is 8.15. The molecule has 1 fully saturated rings. The third kappa shape index (κ3) is 6.31. The highest BCUT2D eigenvalue weighted by molar-refractivity contribution is 7.99. The van der Waals surface area contributed by atoms with Crippen molar-refractivity contribution in [3.63, 3.8) is 0 Å². The Kier molecular flexibility index (Phi) is 8.36. The van der Waals surface area contributed by atoms with Crippen molar-refractivity contribution >= 4 is 34.8 Å². The zero-order chi connectivity index (χ0) is 25.6. The normalized spacial score (nSPS) is 13.6. The molecule has 4 rings (SSSR count). The van der Waals surface area contributed by atoms with E-state index in [2.05, 4.69) is 32.0 Å². The van der Waals surface area contributed by atoms with E-state index in [-0.39, 0.29) is 5.56 Å². The molecule has 0 unspecified atom stereocenters. The minimum Gasteiger partial charge on any atom is -0.475 e. The number of alkyl halides is 3. The van der Waals surface area contributed by atoms with Crippen LogP contribution in [0.5, 0.6) is 0 Å². The Morgan fingerprint density at radius 1 is 1.26 bits per heavy atom. The Hall–Kier alpha value is -3.57. The maximum atomic E-state index is 13.2. The highest BCUT2D eigenvalue weighted by Crippen LogP contribution is 2.26. The van der Waals surface area contributed by atoms with Gasteiger partial charge in [-0.25, -0.2) is 14.8 Å². The number of hydrogen-bond acceptors (Lipinski definition) is 8. The van der Waals surface area contributed by atoms with Crippen molar-refractivity contribution in [2.24, 2.45) is 7.05 Å². The minimum absolute atomic E-state index is 0.129. The minimum atomic E-state index is -5.08. The summed E-state index contributed by atoms with van der Waals surface area (Å²) in [4.78, 5) is 38.0. The van der Waals surface area contributed by atoms with Crippen LogP contribution in [0.3, 0.4) is 0 Å². The van der Waals surface area contributed by atoms with Gasteiger partial charge in [0.15, 0.2) is 16.3 Å². The van der Waals surface area contributed by atoms with Crippen LogP contribution in [0.1, 0.15) is 6.92 Å². The van der Waals surface area contributed by atoms with Crippen LogP contribution in [-0.2, 0) is 18.4 Å². The van der Waals surface area contributed by atoms with Gasteiger partial charge in [-0.2, -0.15) is 18.2 Å². The van der Waals surface area contributed by atoms with Gasteiger partial charge in [0.2, 0.25) is 5.95 Å². The summed E-state index contributed by atoms with van der Waals surface area (Å²) in [6.45, 7) is 5.64. The Morgan fingerprint density at radius 2 is 1.94 bits per heavy atom. The Labute approximate surface area is 202 Å². The molecule has 0 aliphatic carbocycles. The van der Waals surface area contributed by atoms with Crippen molar-refractivity contribution < 1.29 is 23.1 Å². The number of imidazole rings is 1. The number of nitrogens with one attached hydrogen (secondary N) is 1. The van der Waals surface area contributed by atoms with E-state index in [1.165, 1.54) is 11.8 Å². The number of aliphatic carboxylic acids is 1. The molecule has 1 aliphatic rings. The van der Waals surface area contributed by atoms with Crippen LogP contribution in [0.4, 0.5) is 19.1 Å². The predicted molar refractivity (Wildman–Crippen MR) is 123 cm³/mol. The van der Waals surface area contributed by atoms with Crippen molar-refractivity contribution in [1.82, 2.24) is 29.4 Å². The molecule has 35 heavy (non-hydrogen) atoms. The van der Waals surface area contributed by atoms with Crippen LogP contribution in [-0.4, -0.2) is 67.5 Å². The van der Waals surface area contributed by atoms with Gasteiger partial charge in [-0.05, 0) is 30.8 Å². The van der Waals surface area contributed by atoms with Crippen molar-refractivity contribution in [3.8, 4) is 11.8 Å². The maximum Gasteiger partial charge on any atom is 0.490 e. The second-order valence-electron chi connectivity index (χ2n) is 7.17. The van der Waals surface area contributed by atoms with E-state index >= 15 is 0 Å². The molecule has 1 saturated heterocycles. The quantitative estimate of drug-likeness (QED) is 0.401. The fourth-order valence-corrected chi connectivity index (χ4v) is 3.93. The average Bonchev–Trinajstić information content (AvgIpc) is 3.20. The SMILES string of the molecule is CC#CCn1c(N2CCNCC2)nc2nc(Sc3ccccn3)n(C)c(=O)c21.O=C(O)C(F)(F)F. The summed E-state index contributed by atoms with van der Waals surface area (Å²) in [5.74, 6) is 3.97. The van der Waals surface area contributed by atoms with E-state index in [9.17, 15) is 18.0 Å². The molecule has 1 aliphatic heterocycles. The Bertz CT molecular complexity index is 1310. The standard InChI is InChI=1S/C19H21N7OS.C2HF3O2/c1-3-4-11-26-15-16(22-18(26)25-12-9-20-10-13-25)23-19(24(2)17(15)27)28-14-7-5-6-8-21-14;3-2(4,5)1(6)7/h5-8,20H,9-13H2,1-2H3;(H,6,7). The van der Waals surface area contributed by atoms with Crippen molar-refractivity contribution in [2.75, 3.05) is 31.1 Å². The van der Waals surface area contributed by atoms with E-state index in [4.69, 9.17) is 14.9 Å². The maximum absolute atomic E-state index is 13.2. The van der Waals surface area contributed by atoms with Gasteiger partial charge in [0.1, 0.15) is 5.03 Å². The van der Waals surface area contributed by atoms with E-state index in [0.29, 0.717) is 22.9 Å². The summed E-state index contributed by atoms with van der Waals surface area (Å²) in [5.41, 5.74) is 0.812. The summed E-state index contributed by atoms with van der Waals surface area (Å²) in [6.07, 6.45) is -3.36. The van der Waals surface area contributed by atoms with Crippen molar-refractivity contribution in [3.05, 3.63) is 34.7 Å². The van der Waals surface area contributed by atoms with Crippen LogP contribution < -0.4 is 15.8 Å². The number of halogens is 3. The molecule has 0 spiro atoms. The molecule has 0 amide bonds. The summed E-state index contributed by atoms with van der Waals surface area (Å²) in [5, 5.41) is 11.8. The number of anilines is 1. The number of rotatable bonds is 4. The third-order valence-electron chi connectivity index (χ3n) is 4.81. The number of carbonyl (C=O) groups is 1. The molecular formula is C21H22F3N7O3S. The molecule has 3 aromatic rings. The summed E-state index contributed by atoms with van der Waals surface area (Å²) >= 11 is 1.35. The summed E-state index contributed by atoms with van der Waals surface area (Å²) in [7, 11) is 1.73. The molecule has 0 bridgehead atoms. The number of pyridine rings is 1. The fourth-order valence-electron chi connectivity index (χ4n) is 3.14. The van der Waals surface area contributed by atoms with E-state index < -0.39 is 12.1 Å². The first kappa shape index (κ1) is 26.0. The lowest BCUT2D eigenvalue weighted by Crippen LogP contribution is -2.44. The predicted octanol–water partition coefficient (Wildman–Crippen LogP) is 1.74. The number of carboxylic acid groups (broad SMARTS) is 1.